The summed E-state index contributed by atoms with van der Waals surface area (Å²) in [6.07, 6.45) is 2.57. The van der Waals surface area contributed by atoms with Gasteiger partial charge in [0, 0.05) is 19.8 Å². The second kappa shape index (κ2) is 6.24. The molecule has 1 N–H and O–H groups in total. The lowest BCUT2D eigenvalue weighted by Gasteiger charge is -2.15. The van der Waals surface area contributed by atoms with Crippen LogP contribution in [-0.4, -0.2) is 52.2 Å². The summed E-state index contributed by atoms with van der Waals surface area (Å²) in [5.41, 5.74) is 0.417. The summed E-state index contributed by atoms with van der Waals surface area (Å²) >= 11 is 0. The molecular formula is C13H16N4O4S. The first-order chi connectivity index (χ1) is 10.3. The lowest BCUT2D eigenvalue weighted by atomic mass is 10.4. The van der Waals surface area contributed by atoms with E-state index in [0.717, 1.165) is 4.31 Å². The third-order valence-electron chi connectivity index (χ3n) is 3.16. The first-order valence-corrected chi connectivity index (χ1v) is 7.92. The number of carboxylic acid groups (broad SMARTS) is 1. The molecule has 22 heavy (non-hydrogen) atoms. The Bertz CT molecular complexity index is 771. The molecule has 0 atom stereocenters. The minimum absolute atomic E-state index is 0.0334. The molecule has 9 heteroatoms. The zero-order chi connectivity index (χ0) is 16.3. The van der Waals surface area contributed by atoms with Gasteiger partial charge in [0.2, 0.25) is 10.0 Å². The van der Waals surface area contributed by atoms with Gasteiger partial charge in [-0.3, -0.25) is 4.79 Å². The standard InChI is InChI=1S/C13H16N4O4S/c1-10-11(22(20,21)16(2)8-6-13(18)19)9-15-17(10)12-5-3-4-7-14-12/h3-5,7,9H,6,8H2,1-2H3,(H,18,19). The number of nitrogens with zero attached hydrogens (tertiary/aromatic N) is 4. The van der Waals surface area contributed by atoms with Gasteiger partial charge in [0.25, 0.3) is 0 Å². The Labute approximate surface area is 128 Å². The van der Waals surface area contributed by atoms with Crippen LogP contribution in [0.2, 0.25) is 0 Å². The molecule has 118 valence electrons. The monoisotopic (exact) mass is 324 g/mol. The summed E-state index contributed by atoms with van der Waals surface area (Å²) in [5.74, 6) is -0.544. The molecule has 0 saturated carbocycles. The number of sulfonamides is 1. The Hall–Kier alpha value is -2.26. The van der Waals surface area contributed by atoms with Gasteiger partial charge in [-0.25, -0.2) is 22.4 Å². The average Bonchev–Trinajstić information content (AvgIpc) is 2.88. The fraction of sp³-hybridized carbons (Fsp3) is 0.308. The fourth-order valence-electron chi connectivity index (χ4n) is 1.90. The quantitative estimate of drug-likeness (QED) is 0.837. The van der Waals surface area contributed by atoms with Crippen LogP contribution >= 0.6 is 0 Å². The Morgan fingerprint density at radius 3 is 2.73 bits per heavy atom. The molecule has 2 aromatic heterocycles. The topological polar surface area (TPSA) is 105 Å². The fourth-order valence-corrected chi connectivity index (χ4v) is 3.21. The summed E-state index contributed by atoms with van der Waals surface area (Å²) in [4.78, 5) is 14.7. The van der Waals surface area contributed by atoms with Crippen molar-refractivity contribution >= 4 is 16.0 Å². The van der Waals surface area contributed by atoms with Gasteiger partial charge in [0.15, 0.2) is 5.82 Å². The minimum atomic E-state index is -3.79. The molecular weight excluding hydrogens is 308 g/mol. The zero-order valence-electron chi connectivity index (χ0n) is 12.2. The van der Waals surface area contributed by atoms with Crippen LogP contribution in [0.5, 0.6) is 0 Å². The van der Waals surface area contributed by atoms with E-state index in [1.165, 1.54) is 17.9 Å². The van der Waals surface area contributed by atoms with Gasteiger partial charge < -0.3 is 5.11 Å². The molecule has 0 radical (unpaired) electrons. The third-order valence-corrected chi connectivity index (χ3v) is 5.12. The molecule has 8 nitrogen and oxygen atoms in total. The van der Waals surface area contributed by atoms with Gasteiger partial charge in [0.1, 0.15) is 4.90 Å². The smallest absolute Gasteiger partial charge is 0.304 e. The Balaban J connectivity index is 2.33. The summed E-state index contributed by atoms with van der Waals surface area (Å²) in [7, 11) is -2.45. The third kappa shape index (κ3) is 3.15. The van der Waals surface area contributed by atoms with Gasteiger partial charge in [-0.1, -0.05) is 6.07 Å². The number of hydrogen-bond donors (Lipinski definition) is 1. The van der Waals surface area contributed by atoms with Crippen molar-refractivity contribution in [2.75, 3.05) is 13.6 Å². The van der Waals surface area contributed by atoms with Gasteiger partial charge in [-0.05, 0) is 19.1 Å². The first-order valence-electron chi connectivity index (χ1n) is 6.48. The van der Waals surface area contributed by atoms with E-state index < -0.39 is 16.0 Å². The van der Waals surface area contributed by atoms with Crippen molar-refractivity contribution in [3.63, 3.8) is 0 Å². The molecule has 0 aromatic carbocycles. The second-order valence-electron chi connectivity index (χ2n) is 4.66. The van der Waals surface area contributed by atoms with Gasteiger partial charge in [0.05, 0.1) is 18.3 Å². The van der Waals surface area contributed by atoms with E-state index in [0.29, 0.717) is 11.5 Å². The minimum Gasteiger partial charge on any atom is -0.481 e. The highest BCUT2D eigenvalue weighted by Gasteiger charge is 2.26. The highest BCUT2D eigenvalue weighted by molar-refractivity contribution is 7.89. The van der Waals surface area contributed by atoms with E-state index >= 15 is 0 Å². The van der Waals surface area contributed by atoms with Gasteiger partial charge in [-0.2, -0.15) is 5.10 Å². The highest BCUT2D eigenvalue weighted by atomic mass is 32.2. The normalized spacial score (nSPS) is 11.8. The van der Waals surface area contributed by atoms with Crippen LogP contribution < -0.4 is 0 Å². The Morgan fingerprint density at radius 2 is 2.14 bits per heavy atom. The average molecular weight is 324 g/mol. The van der Waals surface area contributed by atoms with Gasteiger partial charge >= 0.3 is 5.97 Å². The highest BCUT2D eigenvalue weighted by Crippen LogP contribution is 2.20. The Kier molecular flexibility index (Phi) is 4.57. The van der Waals surface area contributed by atoms with Crippen molar-refractivity contribution in [1.29, 1.82) is 0 Å². The Morgan fingerprint density at radius 1 is 1.41 bits per heavy atom. The summed E-state index contributed by atoms with van der Waals surface area (Å²) in [6.45, 7) is 1.52. The number of aliphatic carboxylic acids is 1. The van der Waals surface area contributed by atoms with Crippen molar-refractivity contribution in [3.05, 3.63) is 36.3 Å². The van der Waals surface area contributed by atoms with Crippen molar-refractivity contribution in [2.45, 2.75) is 18.2 Å². The zero-order valence-corrected chi connectivity index (χ0v) is 13.0. The van der Waals surface area contributed by atoms with Crippen molar-refractivity contribution in [2.24, 2.45) is 0 Å². The van der Waals surface area contributed by atoms with Crippen LogP contribution in [0, 0.1) is 6.92 Å². The van der Waals surface area contributed by atoms with Gasteiger partial charge in [-0.15, -0.1) is 0 Å². The molecule has 0 unspecified atom stereocenters. The number of pyridine rings is 1. The molecule has 2 heterocycles. The molecule has 2 aromatic rings. The van der Waals surface area contributed by atoms with Crippen LogP contribution in [0.15, 0.2) is 35.5 Å². The molecule has 0 aliphatic carbocycles. The predicted molar refractivity (Wildman–Crippen MR) is 78.2 cm³/mol. The maximum atomic E-state index is 12.5. The molecule has 2 rings (SSSR count). The van der Waals surface area contributed by atoms with Crippen LogP contribution in [0.25, 0.3) is 5.82 Å². The molecule has 0 aliphatic rings. The molecule has 0 fully saturated rings. The van der Waals surface area contributed by atoms with Crippen LogP contribution in [0.4, 0.5) is 0 Å². The van der Waals surface area contributed by atoms with Crippen LogP contribution in [0.1, 0.15) is 12.1 Å². The summed E-state index contributed by atoms with van der Waals surface area (Å²) in [5, 5.41) is 12.7. The summed E-state index contributed by atoms with van der Waals surface area (Å²) < 4.78 is 27.4. The van der Waals surface area contributed by atoms with E-state index in [2.05, 4.69) is 10.1 Å². The maximum absolute atomic E-state index is 12.5. The largest absolute Gasteiger partial charge is 0.481 e. The van der Waals surface area contributed by atoms with Crippen LogP contribution in [0.3, 0.4) is 0 Å². The molecule has 0 spiro atoms. The van der Waals surface area contributed by atoms with Crippen molar-refractivity contribution in [3.8, 4) is 5.82 Å². The van der Waals surface area contributed by atoms with Crippen LogP contribution in [-0.2, 0) is 14.8 Å². The maximum Gasteiger partial charge on any atom is 0.304 e. The number of aromatic nitrogens is 3. The van der Waals surface area contributed by atoms with E-state index in [4.69, 9.17) is 5.11 Å². The number of carbonyl (C=O) groups is 1. The van der Waals surface area contributed by atoms with E-state index in [9.17, 15) is 13.2 Å². The molecule has 0 bridgehead atoms. The SMILES string of the molecule is Cc1c(S(=O)(=O)N(C)CCC(=O)O)cnn1-c1ccccn1. The number of hydrogen-bond acceptors (Lipinski definition) is 5. The van der Waals surface area contributed by atoms with E-state index in [1.807, 2.05) is 0 Å². The van der Waals surface area contributed by atoms with Crippen molar-refractivity contribution < 1.29 is 18.3 Å². The predicted octanol–water partition coefficient (Wildman–Crippen LogP) is 0.671. The number of rotatable bonds is 6. The first kappa shape index (κ1) is 16.1. The summed E-state index contributed by atoms with van der Waals surface area (Å²) in [6, 6.07) is 5.24. The molecule has 0 amide bonds. The molecule has 0 saturated heterocycles. The van der Waals surface area contributed by atoms with E-state index in [1.54, 1.807) is 31.3 Å². The lowest BCUT2D eigenvalue weighted by Crippen LogP contribution is -2.29. The van der Waals surface area contributed by atoms with Crippen molar-refractivity contribution in [1.82, 2.24) is 19.1 Å². The number of carboxylic acids is 1. The molecule has 0 aliphatic heterocycles. The van der Waals surface area contributed by atoms with E-state index in [-0.39, 0.29) is 17.9 Å². The lowest BCUT2D eigenvalue weighted by molar-refractivity contribution is -0.137. The second-order valence-corrected chi connectivity index (χ2v) is 6.68.